The Morgan fingerprint density at radius 2 is 0.881 bits per heavy atom. The Kier molecular flexibility index (Phi) is 5.75. The standard InChI is InChI=1S/C38H24N4/c1-3-9-29-23-31(20-14-25(29)7-1)37-40-36(41-38(42-37)32-21-15-26-8-2-4-10-30(26)24-32)28-18-16-27(17-19-28)33-11-5-13-35-34(33)12-6-22-39-35/h1-24H. The lowest BCUT2D eigenvalue weighted by atomic mass is 9.99. The van der Waals surface area contributed by atoms with E-state index in [0.717, 1.165) is 49.5 Å². The summed E-state index contributed by atoms with van der Waals surface area (Å²) in [6.45, 7) is 0. The van der Waals surface area contributed by atoms with E-state index in [0.29, 0.717) is 17.5 Å². The molecule has 6 aromatic carbocycles. The minimum absolute atomic E-state index is 0.641. The average molecular weight is 537 g/mol. The molecule has 2 heterocycles. The van der Waals surface area contributed by atoms with Crippen LogP contribution in [0.3, 0.4) is 0 Å². The highest BCUT2D eigenvalue weighted by molar-refractivity contribution is 5.95. The summed E-state index contributed by atoms with van der Waals surface area (Å²) in [4.78, 5) is 19.5. The highest BCUT2D eigenvalue weighted by atomic mass is 15.0. The van der Waals surface area contributed by atoms with Crippen LogP contribution < -0.4 is 0 Å². The first-order chi connectivity index (χ1) is 20.8. The average Bonchev–Trinajstić information content (AvgIpc) is 3.07. The topological polar surface area (TPSA) is 51.6 Å². The van der Waals surface area contributed by atoms with Crippen molar-refractivity contribution in [2.24, 2.45) is 0 Å². The summed E-state index contributed by atoms with van der Waals surface area (Å²) in [5, 5.41) is 5.80. The molecule has 0 fully saturated rings. The second kappa shape index (κ2) is 10.0. The summed E-state index contributed by atoms with van der Waals surface area (Å²) in [5.74, 6) is 1.94. The predicted octanol–water partition coefficient (Wildman–Crippen LogP) is 9.39. The molecule has 0 saturated carbocycles. The molecule has 0 amide bonds. The summed E-state index contributed by atoms with van der Waals surface area (Å²) in [7, 11) is 0. The molecule has 0 spiro atoms. The summed E-state index contributed by atoms with van der Waals surface area (Å²) in [6, 6.07) is 48.2. The molecule has 8 rings (SSSR count). The van der Waals surface area contributed by atoms with E-state index in [2.05, 4.69) is 132 Å². The van der Waals surface area contributed by atoms with Crippen LogP contribution in [0.15, 0.2) is 146 Å². The van der Waals surface area contributed by atoms with E-state index in [9.17, 15) is 0 Å². The molecular weight excluding hydrogens is 512 g/mol. The number of nitrogens with zero attached hydrogens (tertiary/aromatic N) is 4. The van der Waals surface area contributed by atoms with E-state index >= 15 is 0 Å². The maximum Gasteiger partial charge on any atom is 0.164 e. The van der Waals surface area contributed by atoms with Gasteiger partial charge in [0.05, 0.1) is 5.52 Å². The lowest BCUT2D eigenvalue weighted by Gasteiger charge is -2.11. The smallest absolute Gasteiger partial charge is 0.164 e. The van der Waals surface area contributed by atoms with Crippen LogP contribution in [0.2, 0.25) is 0 Å². The van der Waals surface area contributed by atoms with Crippen molar-refractivity contribution < 1.29 is 0 Å². The Morgan fingerprint density at radius 1 is 0.357 bits per heavy atom. The third-order valence-electron chi connectivity index (χ3n) is 7.75. The molecular formula is C38H24N4. The summed E-state index contributed by atoms with van der Waals surface area (Å²) in [6.07, 6.45) is 1.83. The molecule has 0 aliphatic rings. The Morgan fingerprint density at radius 3 is 1.50 bits per heavy atom. The third kappa shape index (κ3) is 4.36. The SMILES string of the molecule is c1ccc2cc(-c3nc(-c4ccc(-c5cccc6ncccc56)cc4)nc(-c4ccc5ccccc5c4)n3)ccc2c1. The molecule has 8 aromatic rings. The van der Waals surface area contributed by atoms with Crippen LogP contribution in [-0.2, 0) is 0 Å². The van der Waals surface area contributed by atoms with Gasteiger partial charge in [0.1, 0.15) is 0 Å². The molecule has 0 radical (unpaired) electrons. The van der Waals surface area contributed by atoms with Crippen molar-refractivity contribution in [3.8, 4) is 45.3 Å². The van der Waals surface area contributed by atoms with Gasteiger partial charge in [-0.1, -0.05) is 115 Å². The predicted molar refractivity (Wildman–Crippen MR) is 172 cm³/mol. The molecule has 0 atom stereocenters. The fraction of sp³-hybridized carbons (Fsp3) is 0. The van der Waals surface area contributed by atoms with Crippen molar-refractivity contribution in [1.29, 1.82) is 0 Å². The molecule has 0 saturated heterocycles. The highest BCUT2D eigenvalue weighted by Crippen LogP contribution is 2.31. The molecule has 2 aromatic heterocycles. The van der Waals surface area contributed by atoms with E-state index in [4.69, 9.17) is 15.0 Å². The van der Waals surface area contributed by atoms with Gasteiger partial charge < -0.3 is 0 Å². The van der Waals surface area contributed by atoms with Crippen LogP contribution in [0.25, 0.3) is 77.7 Å². The van der Waals surface area contributed by atoms with Gasteiger partial charge in [0.2, 0.25) is 0 Å². The van der Waals surface area contributed by atoms with Gasteiger partial charge in [-0.25, -0.2) is 15.0 Å². The molecule has 42 heavy (non-hydrogen) atoms. The minimum Gasteiger partial charge on any atom is -0.256 e. The quantitative estimate of drug-likeness (QED) is 0.225. The zero-order valence-corrected chi connectivity index (χ0v) is 22.6. The molecule has 0 unspecified atom stereocenters. The van der Waals surface area contributed by atoms with E-state index < -0.39 is 0 Å². The molecule has 4 nitrogen and oxygen atoms in total. The van der Waals surface area contributed by atoms with E-state index in [-0.39, 0.29) is 0 Å². The van der Waals surface area contributed by atoms with Gasteiger partial charge in [-0.15, -0.1) is 0 Å². The monoisotopic (exact) mass is 536 g/mol. The zero-order chi connectivity index (χ0) is 27.9. The van der Waals surface area contributed by atoms with Crippen LogP contribution in [0.1, 0.15) is 0 Å². The van der Waals surface area contributed by atoms with Gasteiger partial charge in [-0.3, -0.25) is 4.98 Å². The number of hydrogen-bond acceptors (Lipinski definition) is 4. The Hall–Kier alpha value is -5.74. The maximum absolute atomic E-state index is 4.99. The lowest BCUT2D eigenvalue weighted by molar-refractivity contribution is 1.08. The van der Waals surface area contributed by atoms with Gasteiger partial charge >= 0.3 is 0 Å². The third-order valence-corrected chi connectivity index (χ3v) is 7.75. The van der Waals surface area contributed by atoms with Crippen LogP contribution in [0, 0.1) is 0 Å². The Balaban J connectivity index is 1.27. The minimum atomic E-state index is 0.641. The molecule has 0 aliphatic carbocycles. The fourth-order valence-corrected chi connectivity index (χ4v) is 5.57. The molecule has 196 valence electrons. The first-order valence-electron chi connectivity index (χ1n) is 14.0. The lowest BCUT2D eigenvalue weighted by Crippen LogP contribution is -2.00. The van der Waals surface area contributed by atoms with Gasteiger partial charge in [0.25, 0.3) is 0 Å². The molecule has 0 bridgehead atoms. The van der Waals surface area contributed by atoms with E-state index in [1.165, 1.54) is 10.8 Å². The summed E-state index contributed by atoms with van der Waals surface area (Å²) >= 11 is 0. The van der Waals surface area contributed by atoms with Crippen LogP contribution in [-0.4, -0.2) is 19.9 Å². The van der Waals surface area contributed by atoms with Crippen molar-refractivity contribution in [1.82, 2.24) is 19.9 Å². The first-order valence-corrected chi connectivity index (χ1v) is 14.0. The summed E-state index contributed by atoms with van der Waals surface area (Å²) in [5.41, 5.74) is 6.10. The van der Waals surface area contributed by atoms with Crippen molar-refractivity contribution in [2.75, 3.05) is 0 Å². The van der Waals surface area contributed by atoms with Crippen LogP contribution in [0.5, 0.6) is 0 Å². The first kappa shape index (κ1) is 24.1. The Bertz CT molecular complexity index is 2150. The second-order valence-corrected chi connectivity index (χ2v) is 10.4. The maximum atomic E-state index is 4.99. The second-order valence-electron chi connectivity index (χ2n) is 10.4. The number of aromatic nitrogens is 4. The number of fused-ring (bicyclic) bond motifs is 3. The van der Waals surface area contributed by atoms with Crippen molar-refractivity contribution >= 4 is 32.4 Å². The number of rotatable bonds is 4. The number of pyridine rings is 1. The molecule has 4 heteroatoms. The molecule has 0 aliphatic heterocycles. The van der Waals surface area contributed by atoms with Crippen molar-refractivity contribution in [2.45, 2.75) is 0 Å². The highest BCUT2D eigenvalue weighted by Gasteiger charge is 2.14. The molecule has 0 N–H and O–H groups in total. The fourth-order valence-electron chi connectivity index (χ4n) is 5.57. The summed E-state index contributed by atoms with van der Waals surface area (Å²) < 4.78 is 0. The van der Waals surface area contributed by atoms with Crippen molar-refractivity contribution in [3.05, 3.63) is 146 Å². The van der Waals surface area contributed by atoms with Gasteiger partial charge in [-0.2, -0.15) is 0 Å². The van der Waals surface area contributed by atoms with E-state index in [1.807, 2.05) is 18.3 Å². The number of hydrogen-bond donors (Lipinski definition) is 0. The van der Waals surface area contributed by atoms with Gasteiger partial charge in [0.15, 0.2) is 17.5 Å². The Labute approximate surface area is 243 Å². The van der Waals surface area contributed by atoms with Crippen molar-refractivity contribution in [3.63, 3.8) is 0 Å². The number of benzene rings is 6. The van der Waals surface area contributed by atoms with E-state index in [1.54, 1.807) is 0 Å². The largest absolute Gasteiger partial charge is 0.256 e. The zero-order valence-electron chi connectivity index (χ0n) is 22.6. The van der Waals surface area contributed by atoms with Crippen LogP contribution in [0.4, 0.5) is 0 Å². The van der Waals surface area contributed by atoms with Gasteiger partial charge in [-0.05, 0) is 56.9 Å². The van der Waals surface area contributed by atoms with Gasteiger partial charge in [0, 0.05) is 28.3 Å². The van der Waals surface area contributed by atoms with Crippen LogP contribution >= 0.6 is 0 Å². The normalized spacial score (nSPS) is 11.3.